The van der Waals surface area contributed by atoms with E-state index in [4.69, 9.17) is 24.5 Å². The van der Waals surface area contributed by atoms with Crippen molar-refractivity contribution in [2.24, 2.45) is 17.3 Å². The van der Waals surface area contributed by atoms with Crippen LogP contribution in [0.4, 0.5) is 5.82 Å². The highest BCUT2D eigenvalue weighted by Gasteiger charge is 2.68. The van der Waals surface area contributed by atoms with Gasteiger partial charge in [0.05, 0.1) is 37.4 Å². The van der Waals surface area contributed by atoms with Gasteiger partial charge in [-0.05, 0) is 93.0 Å². The van der Waals surface area contributed by atoms with Crippen LogP contribution >= 0.6 is 0 Å². The number of esters is 1. The molecule has 4 aliphatic rings. The van der Waals surface area contributed by atoms with Crippen LogP contribution in [0, 0.1) is 17.3 Å². The van der Waals surface area contributed by atoms with Crippen molar-refractivity contribution in [3.8, 4) is 5.75 Å². The molecule has 3 aliphatic carbocycles. The predicted octanol–water partition coefficient (Wildman–Crippen LogP) is 2.11. The fourth-order valence-corrected chi connectivity index (χ4v) is 8.04. The van der Waals surface area contributed by atoms with Gasteiger partial charge in [-0.2, -0.15) is 0 Å². The third-order valence-electron chi connectivity index (χ3n) is 10.7. The summed E-state index contributed by atoms with van der Waals surface area (Å²) in [5, 5.41) is 3.25. The minimum Gasteiger partial charge on any atom is -1.00 e. The van der Waals surface area contributed by atoms with Crippen molar-refractivity contribution in [1.82, 2.24) is 5.32 Å². The van der Waals surface area contributed by atoms with Gasteiger partial charge in [-0.3, -0.25) is 10.5 Å². The molecule has 2 aromatic carbocycles. The number of hydrogen-bond acceptors (Lipinski definition) is 7. The van der Waals surface area contributed by atoms with Gasteiger partial charge in [0.1, 0.15) is 23.5 Å². The highest BCUT2D eigenvalue weighted by molar-refractivity contribution is 6.48. The Bertz CT molecular complexity index is 1680. The van der Waals surface area contributed by atoms with E-state index in [2.05, 4.69) is 26.1 Å². The highest BCUT2D eigenvalue weighted by Crippen LogP contribution is 2.65. The van der Waals surface area contributed by atoms with E-state index in [0.29, 0.717) is 41.9 Å². The maximum absolute atomic E-state index is 13.7. The molecule has 3 saturated carbocycles. The van der Waals surface area contributed by atoms with Crippen molar-refractivity contribution >= 4 is 24.8 Å². The van der Waals surface area contributed by atoms with Crippen LogP contribution in [0.2, 0.25) is 0 Å². The van der Waals surface area contributed by atoms with E-state index in [-0.39, 0.29) is 36.3 Å². The van der Waals surface area contributed by atoms with Crippen molar-refractivity contribution in [1.29, 1.82) is 0 Å². The number of anilines is 1. The monoisotopic (exact) mass is 689 g/mol. The molecule has 5 atom stereocenters. The van der Waals surface area contributed by atoms with Crippen LogP contribution < -0.4 is 32.8 Å². The SMILES string of the molecule is COc1c(CC(NC(=O)Cc2ccc(C[n+]3ccccc3N)cc2)B2OC3CC4CC(C4(C)C)C3(C)O2)cccc1C(=O)OC(C)(C)C.[Cl-]. The summed E-state index contributed by atoms with van der Waals surface area (Å²) in [5.41, 5.74) is 8.26. The Kier molecular flexibility index (Phi) is 10.5. The number of nitrogens with two attached hydrogens (primary N) is 1. The standard InChI is InChI=1S/C38H48BN3O6.ClH/c1-36(2,3)46-35(44)28-12-10-11-26(34(28)45-7)20-31(39-47-30-22-27-21-29(37(27,4)5)38(30,6)48-39)41-33(43)19-24-14-16-25(17-15-24)23-42-18-9-8-13-32(42)40;/h8-18,27,29-31,40H,19-23H2,1-7H3,(H,41,43);1H. The summed E-state index contributed by atoms with van der Waals surface area (Å²) in [4.78, 5) is 26.8. The molecule has 9 nitrogen and oxygen atoms in total. The van der Waals surface area contributed by atoms with Crippen LogP contribution in [-0.4, -0.2) is 49.4 Å². The minimum atomic E-state index is -0.662. The van der Waals surface area contributed by atoms with Crippen LogP contribution in [0.3, 0.4) is 0 Å². The van der Waals surface area contributed by atoms with Gasteiger partial charge < -0.3 is 36.5 Å². The van der Waals surface area contributed by atoms with E-state index in [1.165, 1.54) is 0 Å². The smallest absolute Gasteiger partial charge is 0.482 e. The summed E-state index contributed by atoms with van der Waals surface area (Å²) in [5.74, 6) is 0.944. The van der Waals surface area contributed by atoms with Crippen molar-refractivity contribution in [2.75, 3.05) is 12.8 Å². The van der Waals surface area contributed by atoms with Crippen molar-refractivity contribution < 1.29 is 45.3 Å². The zero-order valence-electron chi connectivity index (χ0n) is 29.6. The summed E-state index contributed by atoms with van der Waals surface area (Å²) in [6.07, 6.45) is 4.50. The van der Waals surface area contributed by atoms with E-state index in [1.807, 2.05) is 86.1 Å². The van der Waals surface area contributed by atoms with Crippen molar-refractivity contribution in [2.45, 2.75) is 97.0 Å². The van der Waals surface area contributed by atoms with Gasteiger partial charge in [0.15, 0.2) is 0 Å². The zero-order valence-corrected chi connectivity index (χ0v) is 30.4. The van der Waals surface area contributed by atoms with Gasteiger partial charge in [0.25, 0.3) is 5.82 Å². The van der Waals surface area contributed by atoms with Crippen LogP contribution in [-0.2, 0) is 38.2 Å². The zero-order chi connectivity index (χ0) is 34.4. The van der Waals surface area contributed by atoms with Gasteiger partial charge in [-0.25, -0.2) is 9.36 Å². The number of nitrogens with one attached hydrogen (secondary N) is 1. The first-order valence-electron chi connectivity index (χ1n) is 17.0. The largest absolute Gasteiger partial charge is 1.00 e. The minimum absolute atomic E-state index is 0. The molecule has 2 heterocycles. The van der Waals surface area contributed by atoms with E-state index in [9.17, 15) is 9.59 Å². The summed E-state index contributed by atoms with van der Waals surface area (Å²) >= 11 is 0. The van der Waals surface area contributed by atoms with Gasteiger partial charge in [-0.1, -0.05) is 56.3 Å². The fraction of sp³-hybridized carbons (Fsp3) is 0.500. The molecule has 0 spiro atoms. The summed E-state index contributed by atoms with van der Waals surface area (Å²) in [6.45, 7) is 13.0. The van der Waals surface area contributed by atoms with Crippen LogP contribution in [0.1, 0.15) is 81.4 Å². The first-order valence-corrected chi connectivity index (χ1v) is 17.0. The summed E-state index contributed by atoms with van der Waals surface area (Å²) in [7, 11) is 0.881. The van der Waals surface area contributed by atoms with E-state index >= 15 is 0 Å². The quantitative estimate of drug-likeness (QED) is 0.191. The molecule has 0 radical (unpaired) electrons. The number of nitrogens with zero attached hydrogens (tertiary/aromatic N) is 1. The lowest BCUT2D eigenvalue weighted by atomic mass is 9.43. The van der Waals surface area contributed by atoms with Crippen LogP contribution in [0.5, 0.6) is 5.75 Å². The molecular weight excluding hydrogens is 641 g/mol. The Morgan fingerprint density at radius 1 is 1.04 bits per heavy atom. The Morgan fingerprint density at radius 2 is 1.76 bits per heavy atom. The predicted molar refractivity (Wildman–Crippen MR) is 184 cm³/mol. The molecule has 1 aliphatic heterocycles. The lowest BCUT2D eigenvalue weighted by Crippen LogP contribution is -3.00. The van der Waals surface area contributed by atoms with Crippen molar-refractivity contribution in [3.63, 3.8) is 0 Å². The Balaban J connectivity index is 0.00000468. The molecule has 4 fully saturated rings. The number of carbonyl (C=O) groups excluding carboxylic acids is 2. The highest BCUT2D eigenvalue weighted by atomic mass is 35.5. The Labute approximate surface area is 296 Å². The average Bonchev–Trinajstić information content (AvgIpc) is 3.39. The molecule has 7 rings (SSSR count). The molecule has 2 bridgehead atoms. The van der Waals surface area contributed by atoms with Gasteiger partial charge in [-0.15, -0.1) is 0 Å². The number of hydrogen-bond donors (Lipinski definition) is 2. The lowest BCUT2D eigenvalue weighted by Gasteiger charge is -2.64. The second kappa shape index (κ2) is 14.0. The van der Waals surface area contributed by atoms with Crippen LogP contribution in [0.15, 0.2) is 66.9 Å². The molecule has 3 aromatic rings. The van der Waals surface area contributed by atoms with Crippen LogP contribution in [0.25, 0.3) is 0 Å². The molecule has 3 N–H and O–H groups in total. The molecule has 5 unspecified atom stereocenters. The van der Waals surface area contributed by atoms with Gasteiger partial charge >= 0.3 is 13.1 Å². The molecular formula is C38H49BClN3O6. The number of carbonyl (C=O) groups is 2. The molecule has 262 valence electrons. The van der Waals surface area contributed by atoms with E-state index in [0.717, 1.165) is 29.5 Å². The lowest BCUT2D eigenvalue weighted by molar-refractivity contribution is -0.674. The summed E-state index contributed by atoms with van der Waals surface area (Å²) < 4.78 is 27.0. The third-order valence-corrected chi connectivity index (χ3v) is 10.7. The number of para-hydroxylation sites is 1. The number of aromatic nitrogens is 1. The first kappa shape index (κ1) is 36.7. The number of rotatable bonds is 10. The van der Waals surface area contributed by atoms with Crippen molar-refractivity contribution in [3.05, 3.63) is 89.1 Å². The Morgan fingerprint density at radius 3 is 2.41 bits per heavy atom. The molecule has 1 amide bonds. The fourth-order valence-electron chi connectivity index (χ4n) is 8.04. The average molecular weight is 690 g/mol. The first-order chi connectivity index (χ1) is 22.7. The Hall–Kier alpha value is -3.60. The summed E-state index contributed by atoms with van der Waals surface area (Å²) in [6, 6.07) is 19.2. The normalized spacial score (nSPS) is 24.1. The number of benzene rings is 2. The molecule has 11 heteroatoms. The van der Waals surface area contributed by atoms with Gasteiger partial charge in [0.2, 0.25) is 5.91 Å². The number of methoxy groups -OCH3 is 1. The van der Waals surface area contributed by atoms with E-state index in [1.54, 1.807) is 13.2 Å². The second-order valence-electron chi connectivity index (χ2n) is 15.5. The molecule has 1 saturated heterocycles. The second-order valence-corrected chi connectivity index (χ2v) is 15.5. The topological polar surface area (TPSA) is 113 Å². The molecule has 1 aromatic heterocycles. The third kappa shape index (κ3) is 7.47. The number of amides is 1. The number of nitrogen functional groups attached to an aromatic ring is 1. The maximum atomic E-state index is 13.7. The number of ether oxygens (including phenoxy) is 2. The molecule has 49 heavy (non-hydrogen) atoms. The number of halogens is 1. The maximum Gasteiger partial charge on any atom is 0.482 e. The van der Waals surface area contributed by atoms with E-state index < -0.39 is 30.2 Å². The number of pyridine rings is 1. The van der Waals surface area contributed by atoms with Gasteiger partial charge in [0, 0.05) is 6.07 Å².